The van der Waals surface area contributed by atoms with Gasteiger partial charge in [-0.05, 0) is 31.6 Å². The van der Waals surface area contributed by atoms with Gasteiger partial charge in [0.2, 0.25) is 0 Å². The molecule has 1 unspecified atom stereocenters. The van der Waals surface area contributed by atoms with Crippen molar-refractivity contribution in [3.63, 3.8) is 0 Å². The Hall–Kier alpha value is -0.530. The Labute approximate surface area is 80.7 Å². The maximum Gasteiger partial charge on any atom is 0.308 e. The number of carbonyl (C=O) groups is 1. The molecule has 3 atom stereocenters. The maximum atomic E-state index is 11.2. The summed E-state index contributed by atoms with van der Waals surface area (Å²) in [5.74, 6) is 0.842. The summed E-state index contributed by atoms with van der Waals surface area (Å²) < 4.78 is 5.36. The van der Waals surface area contributed by atoms with E-state index in [-0.39, 0.29) is 25.4 Å². The molecule has 2 heteroatoms. The highest BCUT2D eigenvalue weighted by Gasteiger charge is 2.36. The second-order valence-corrected chi connectivity index (χ2v) is 4.16. The van der Waals surface area contributed by atoms with Gasteiger partial charge in [-0.2, -0.15) is 0 Å². The first-order chi connectivity index (χ1) is 5.77. The maximum absolute atomic E-state index is 11.2. The van der Waals surface area contributed by atoms with Gasteiger partial charge in [-0.25, -0.2) is 0 Å². The standard InChI is InChI=1S/C10H16O2.CH4/c1-7-6-8-4-2-3-5-9(8)12-10(7)11;/h7-9H,2-6H2,1H3;1H4/t7?,8-,9+;/m0./s1. The number of fused-ring (bicyclic) bond motifs is 1. The van der Waals surface area contributed by atoms with Gasteiger partial charge in [0.15, 0.2) is 0 Å². The van der Waals surface area contributed by atoms with Gasteiger partial charge >= 0.3 is 5.97 Å². The average Bonchev–Trinajstić information content (AvgIpc) is 2.07. The predicted molar refractivity (Wildman–Crippen MR) is 52.4 cm³/mol. The van der Waals surface area contributed by atoms with E-state index in [9.17, 15) is 4.79 Å². The Kier molecular flexibility index (Phi) is 3.34. The van der Waals surface area contributed by atoms with Crippen LogP contribution in [0.4, 0.5) is 0 Å². The minimum atomic E-state index is 0. The van der Waals surface area contributed by atoms with Crippen molar-refractivity contribution in [1.29, 1.82) is 0 Å². The number of esters is 1. The highest BCUT2D eigenvalue weighted by atomic mass is 16.5. The van der Waals surface area contributed by atoms with Crippen LogP contribution >= 0.6 is 0 Å². The van der Waals surface area contributed by atoms with E-state index in [1.165, 1.54) is 19.3 Å². The zero-order valence-electron chi connectivity index (χ0n) is 7.58. The lowest BCUT2D eigenvalue weighted by Crippen LogP contribution is -2.38. The molecule has 2 fully saturated rings. The van der Waals surface area contributed by atoms with Crippen molar-refractivity contribution in [3.8, 4) is 0 Å². The van der Waals surface area contributed by atoms with E-state index in [0.29, 0.717) is 5.92 Å². The number of carbonyl (C=O) groups excluding carboxylic acids is 1. The lowest BCUT2D eigenvalue weighted by molar-refractivity contribution is -0.167. The van der Waals surface area contributed by atoms with Gasteiger partial charge < -0.3 is 4.74 Å². The fraction of sp³-hybridized carbons (Fsp3) is 0.909. The van der Waals surface area contributed by atoms with Gasteiger partial charge in [0.05, 0.1) is 5.92 Å². The van der Waals surface area contributed by atoms with Crippen molar-refractivity contribution in [2.24, 2.45) is 11.8 Å². The van der Waals surface area contributed by atoms with E-state index < -0.39 is 0 Å². The fourth-order valence-electron chi connectivity index (χ4n) is 2.41. The van der Waals surface area contributed by atoms with Crippen molar-refractivity contribution >= 4 is 5.97 Å². The Balaban J connectivity index is 0.000000845. The molecule has 1 saturated heterocycles. The van der Waals surface area contributed by atoms with E-state index in [0.717, 1.165) is 12.8 Å². The van der Waals surface area contributed by atoms with Crippen LogP contribution in [-0.2, 0) is 9.53 Å². The largest absolute Gasteiger partial charge is 0.462 e. The third kappa shape index (κ3) is 2.04. The summed E-state index contributed by atoms with van der Waals surface area (Å²) in [6.07, 6.45) is 6.26. The van der Waals surface area contributed by atoms with Crippen LogP contribution in [0.2, 0.25) is 0 Å². The van der Waals surface area contributed by atoms with E-state index in [1.807, 2.05) is 6.92 Å². The summed E-state index contributed by atoms with van der Waals surface area (Å²) in [5.41, 5.74) is 0. The van der Waals surface area contributed by atoms with Crippen molar-refractivity contribution in [2.75, 3.05) is 0 Å². The molecule has 2 rings (SSSR count). The molecule has 2 nitrogen and oxygen atoms in total. The quantitative estimate of drug-likeness (QED) is 0.541. The molecule has 0 N–H and O–H groups in total. The second kappa shape index (κ2) is 4.12. The topological polar surface area (TPSA) is 26.3 Å². The minimum Gasteiger partial charge on any atom is -0.462 e. The van der Waals surface area contributed by atoms with Crippen LogP contribution in [0.1, 0.15) is 46.5 Å². The number of ether oxygens (including phenoxy) is 1. The van der Waals surface area contributed by atoms with E-state index >= 15 is 0 Å². The highest BCUT2D eigenvalue weighted by molar-refractivity contribution is 5.73. The molecule has 0 amide bonds. The van der Waals surface area contributed by atoms with Gasteiger partial charge in [-0.3, -0.25) is 4.79 Å². The van der Waals surface area contributed by atoms with Crippen LogP contribution in [0.15, 0.2) is 0 Å². The Morgan fingerprint density at radius 2 is 2.00 bits per heavy atom. The molecule has 13 heavy (non-hydrogen) atoms. The number of rotatable bonds is 0. The summed E-state index contributed by atoms with van der Waals surface area (Å²) in [7, 11) is 0. The average molecular weight is 184 g/mol. The first-order valence-corrected chi connectivity index (χ1v) is 4.98. The summed E-state index contributed by atoms with van der Waals surface area (Å²) in [6, 6.07) is 0. The molecular weight excluding hydrogens is 164 g/mol. The van der Waals surface area contributed by atoms with Crippen molar-refractivity contribution in [1.82, 2.24) is 0 Å². The number of hydrogen-bond donors (Lipinski definition) is 0. The van der Waals surface area contributed by atoms with Crippen molar-refractivity contribution in [2.45, 2.75) is 52.6 Å². The minimum absolute atomic E-state index is 0. The smallest absolute Gasteiger partial charge is 0.308 e. The van der Waals surface area contributed by atoms with Crippen LogP contribution < -0.4 is 0 Å². The zero-order chi connectivity index (χ0) is 8.55. The predicted octanol–water partition coefficient (Wildman–Crippen LogP) is 2.76. The second-order valence-electron chi connectivity index (χ2n) is 4.16. The zero-order valence-corrected chi connectivity index (χ0v) is 7.58. The van der Waals surface area contributed by atoms with Crippen LogP contribution in [0.3, 0.4) is 0 Å². The van der Waals surface area contributed by atoms with Crippen molar-refractivity contribution < 1.29 is 9.53 Å². The Bertz CT molecular complexity index is 189. The fourth-order valence-corrected chi connectivity index (χ4v) is 2.41. The van der Waals surface area contributed by atoms with Gasteiger partial charge in [-0.15, -0.1) is 0 Å². The van der Waals surface area contributed by atoms with E-state index in [4.69, 9.17) is 4.74 Å². The van der Waals surface area contributed by atoms with E-state index in [2.05, 4.69) is 0 Å². The first-order valence-electron chi connectivity index (χ1n) is 4.98. The van der Waals surface area contributed by atoms with Gasteiger partial charge in [0.25, 0.3) is 0 Å². The van der Waals surface area contributed by atoms with E-state index in [1.54, 1.807) is 0 Å². The normalized spacial score (nSPS) is 38.5. The molecule has 0 radical (unpaired) electrons. The SMILES string of the molecule is C.CC1C[C@@H]2CCCC[C@H]2OC1=O. The molecule has 76 valence electrons. The molecule has 0 bridgehead atoms. The van der Waals surface area contributed by atoms with Crippen LogP contribution in [0.5, 0.6) is 0 Å². The molecule has 1 heterocycles. The summed E-state index contributed by atoms with van der Waals surface area (Å²) in [6.45, 7) is 1.98. The monoisotopic (exact) mass is 184 g/mol. The van der Waals surface area contributed by atoms with Crippen LogP contribution in [-0.4, -0.2) is 12.1 Å². The molecule has 1 aliphatic carbocycles. The third-order valence-corrected chi connectivity index (χ3v) is 3.17. The summed E-state index contributed by atoms with van der Waals surface area (Å²) in [4.78, 5) is 11.2. The number of hydrogen-bond acceptors (Lipinski definition) is 2. The van der Waals surface area contributed by atoms with Gasteiger partial charge in [-0.1, -0.05) is 20.8 Å². The molecule has 0 aromatic carbocycles. The molecule has 1 saturated carbocycles. The van der Waals surface area contributed by atoms with Crippen LogP contribution in [0.25, 0.3) is 0 Å². The van der Waals surface area contributed by atoms with Gasteiger partial charge in [0.1, 0.15) is 6.10 Å². The van der Waals surface area contributed by atoms with Gasteiger partial charge in [0, 0.05) is 0 Å². The Morgan fingerprint density at radius 1 is 1.31 bits per heavy atom. The lowest BCUT2D eigenvalue weighted by atomic mass is 9.79. The summed E-state index contributed by atoms with van der Waals surface area (Å²) in [5, 5.41) is 0. The molecule has 0 aromatic heterocycles. The Morgan fingerprint density at radius 3 is 2.77 bits per heavy atom. The molecule has 0 spiro atoms. The molecule has 2 aliphatic rings. The summed E-state index contributed by atoms with van der Waals surface area (Å²) >= 11 is 0. The third-order valence-electron chi connectivity index (χ3n) is 3.17. The first kappa shape index (κ1) is 10.6. The van der Waals surface area contributed by atoms with Crippen LogP contribution in [0, 0.1) is 11.8 Å². The van der Waals surface area contributed by atoms with Crippen molar-refractivity contribution in [3.05, 3.63) is 0 Å². The molecule has 1 aliphatic heterocycles. The molecular formula is C11H20O2. The lowest BCUT2D eigenvalue weighted by Gasteiger charge is -2.37. The highest BCUT2D eigenvalue weighted by Crippen LogP contribution is 2.35. The molecule has 0 aromatic rings.